The lowest BCUT2D eigenvalue weighted by molar-refractivity contribution is -0.384. The molecule has 0 unspecified atom stereocenters. The van der Waals surface area contributed by atoms with Crippen LogP contribution in [0.5, 0.6) is 0 Å². The molecular formula is C31H30FN7O5S. The number of nitro benzene ring substituents is 1. The molecule has 0 bridgehead atoms. The molecule has 0 N–H and O–H groups in total. The van der Waals surface area contributed by atoms with E-state index in [2.05, 4.69) is 14.9 Å². The zero-order valence-corrected chi connectivity index (χ0v) is 25.0. The number of halogens is 1. The molecule has 1 amide bonds. The number of non-ortho nitro benzene ring substituents is 1. The summed E-state index contributed by atoms with van der Waals surface area (Å²) in [7, 11) is -3.83. The Bertz CT molecular complexity index is 1950. The maximum absolute atomic E-state index is 13.2. The number of nitrogens with zero attached hydrogens (tertiary/aromatic N) is 7. The van der Waals surface area contributed by atoms with Gasteiger partial charge in [-0.2, -0.15) is 4.31 Å². The molecule has 0 aliphatic carbocycles. The number of aryl methyl sites for hydroxylation is 1. The first-order valence-electron chi connectivity index (χ1n) is 14.4. The zero-order chi connectivity index (χ0) is 31.6. The third-order valence-electron chi connectivity index (χ3n) is 7.93. The maximum Gasteiger partial charge on any atom is 0.269 e. The topological polar surface area (TPSA) is 136 Å². The average molecular weight is 632 g/mol. The fourth-order valence-electron chi connectivity index (χ4n) is 5.56. The number of sulfonamides is 1. The van der Waals surface area contributed by atoms with Crippen LogP contribution in [0, 0.1) is 15.9 Å². The van der Waals surface area contributed by atoms with Gasteiger partial charge in [-0.25, -0.2) is 17.5 Å². The molecule has 12 nitrogen and oxygen atoms in total. The third-order valence-corrected chi connectivity index (χ3v) is 9.85. The lowest BCUT2D eigenvalue weighted by atomic mass is 10.1. The van der Waals surface area contributed by atoms with E-state index in [1.807, 2.05) is 36.7 Å². The van der Waals surface area contributed by atoms with Gasteiger partial charge in [-0.05, 0) is 47.9 Å². The Balaban J connectivity index is 1.06. The molecule has 0 spiro atoms. The SMILES string of the molecule is O=C(CCc1cn(Cc2cn(Cc3ccc(F)cc3)nn2)c2ccccc12)N1CCN(S(=O)(=O)c2ccc([N+](=O)[O-])cc2)CC1. The van der Waals surface area contributed by atoms with Crippen molar-refractivity contribution in [1.82, 2.24) is 28.8 Å². The smallest absolute Gasteiger partial charge is 0.269 e. The molecule has 232 valence electrons. The van der Waals surface area contributed by atoms with Crippen LogP contribution in [-0.2, 0) is 34.3 Å². The van der Waals surface area contributed by atoms with Gasteiger partial charge in [0.2, 0.25) is 15.9 Å². The fraction of sp³-hybridized carbons (Fsp3) is 0.258. The number of fused-ring (bicyclic) bond motifs is 1. The molecule has 45 heavy (non-hydrogen) atoms. The quantitative estimate of drug-likeness (QED) is 0.169. The first kappa shape index (κ1) is 30.1. The van der Waals surface area contributed by atoms with E-state index < -0.39 is 14.9 Å². The highest BCUT2D eigenvalue weighted by Gasteiger charge is 2.30. The number of amides is 1. The molecule has 14 heteroatoms. The van der Waals surface area contributed by atoms with Crippen molar-refractivity contribution >= 4 is 32.5 Å². The van der Waals surface area contributed by atoms with Gasteiger partial charge in [0.1, 0.15) is 11.5 Å². The molecule has 1 aliphatic rings. The van der Waals surface area contributed by atoms with Gasteiger partial charge in [-0.3, -0.25) is 14.9 Å². The van der Waals surface area contributed by atoms with Crippen molar-refractivity contribution in [2.45, 2.75) is 30.8 Å². The molecule has 5 aromatic rings. The molecule has 1 fully saturated rings. The Kier molecular flexibility index (Phi) is 8.41. The Hall–Kier alpha value is -4.95. The number of hydrogen-bond donors (Lipinski definition) is 0. The molecule has 6 rings (SSSR count). The van der Waals surface area contributed by atoms with Crippen molar-refractivity contribution in [3.63, 3.8) is 0 Å². The number of hydrogen-bond acceptors (Lipinski definition) is 7. The number of aromatic nitrogens is 4. The largest absolute Gasteiger partial charge is 0.341 e. The van der Waals surface area contributed by atoms with Crippen molar-refractivity contribution in [3.05, 3.63) is 118 Å². The third kappa shape index (κ3) is 6.61. The van der Waals surface area contributed by atoms with Crippen LogP contribution in [0.3, 0.4) is 0 Å². The standard InChI is InChI=1S/C31H30FN7O5S/c32-25-8-5-23(6-9-25)19-37-22-26(33-34-37)21-36-20-24(29-3-1-2-4-30(29)36)7-14-31(40)35-15-17-38(18-16-35)45(43,44)28-12-10-27(11-13-28)39(41)42/h1-6,8-13,20,22H,7,14-19,21H2. The molecule has 0 radical (unpaired) electrons. The van der Waals surface area contributed by atoms with Gasteiger partial charge in [0.15, 0.2) is 0 Å². The Morgan fingerprint density at radius 2 is 1.62 bits per heavy atom. The number of piperazine rings is 1. The summed E-state index contributed by atoms with van der Waals surface area (Å²) in [5, 5.41) is 20.5. The molecule has 2 aromatic heterocycles. The van der Waals surface area contributed by atoms with Gasteiger partial charge in [0.25, 0.3) is 5.69 Å². The number of rotatable bonds is 10. The predicted molar refractivity (Wildman–Crippen MR) is 163 cm³/mol. The summed E-state index contributed by atoms with van der Waals surface area (Å²) in [4.78, 5) is 25.1. The molecule has 1 saturated heterocycles. The molecule has 1 aliphatic heterocycles. The van der Waals surface area contributed by atoms with Crippen molar-refractivity contribution in [2.24, 2.45) is 0 Å². The minimum Gasteiger partial charge on any atom is -0.341 e. The lowest BCUT2D eigenvalue weighted by Crippen LogP contribution is -2.50. The summed E-state index contributed by atoms with van der Waals surface area (Å²) < 4.78 is 44.4. The number of para-hydroxylation sites is 1. The second-order valence-corrected chi connectivity index (χ2v) is 12.8. The van der Waals surface area contributed by atoms with Crippen LogP contribution in [0.4, 0.5) is 10.1 Å². The number of nitro groups is 1. The van der Waals surface area contributed by atoms with Gasteiger partial charge in [0, 0.05) is 61.8 Å². The second-order valence-electron chi connectivity index (χ2n) is 10.9. The van der Waals surface area contributed by atoms with Gasteiger partial charge in [-0.1, -0.05) is 35.5 Å². The summed E-state index contributed by atoms with van der Waals surface area (Å²) in [5.74, 6) is -0.340. The first-order chi connectivity index (χ1) is 21.7. The monoisotopic (exact) mass is 631 g/mol. The normalized spacial score (nSPS) is 14.2. The second kappa shape index (κ2) is 12.6. The number of carbonyl (C=O) groups excluding carboxylic acids is 1. The van der Waals surface area contributed by atoms with E-state index in [0.29, 0.717) is 19.5 Å². The summed E-state index contributed by atoms with van der Waals surface area (Å²) in [6, 6.07) is 19.0. The summed E-state index contributed by atoms with van der Waals surface area (Å²) in [6.07, 6.45) is 4.69. The zero-order valence-electron chi connectivity index (χ0n) is 24.2. The summed E-state index contributed by atoms with van der Waals surface area (Å²) in [5.41, 5.74) is 3.54. The van der Waals surface area contributed by atoms with E-state index in [0.717, 1.165) is 27.7 Å². The Morgan fingerprint density at radius 1 is 0.911 bits per heavy atom. The van der Waals surface area contributed by atoms with Gasteiger partial charge in [-0.15, -0.1) is 5.10 Å². The van der Waals surface area contributed by atoms with Crippen molar-refractivity contribution < 1.29 is 22.5 Å². The van der Waals surface area contributed by atoms with E-state index in [4.69, 9.17) is 0 Å². The van der Waals surface area contributed by atoms with Gasteiger partial charge < -0.3 is 9.47 Å². The molecule has 0 atom stereocenters. The van der Waals surface area contributed by atoms with E-state index in [-0.39, 0.29) is 54.9 Å². The summed E-state index contributed by atoms with van der Waals surface area (Å²) >= 11 is 0. The predicted octanol–water partition coefficient (Wildman–Crippen LogP) is 3.84. The highest BCUT2D eigenvalue weighted by molar-refractivity contribution is 7.89. The number of benzene rings is 3. The molecular weight excluding hydrogens is 601 g/mol. The van der Waals surface area contributed by atoms with Crippen LogP contribution in [-0.4, -0.2) is 74.2 Å². The van der Waals surface area contributed by atoms with Crippen LogP contribution in [0.2, 0.25) is 0 Å². The van der Waals surface area contributed by atoms with Crippen molar-refractivity contribution in [2.75, 3.05) is 26.2 Å². The lowest BCUT2D eigenvalue weighted by Gasteiger charge is -2.34. The van der Waals surface area contributed by atoms with E-state index >= 15 is 0 Å². The first-order valence-corrected chi connectivity index (χ1v) is 15.8. The maximum atomic E-state index is 13.2. The average Bonchev–Trinajstić information content (AvgIpc) is 3.65. The van der Waals surface area contributed by atoms with E-state index in [1.165, 1.54) is 40.7 Å². The van der Waals surface area contributed by atoms with Crippen LogP contribution in [0.15, 0.2) is 90.1 Å². The fourth-order valence-corrected chi connectivity index (χ4v) is 6.98. The Morgan fingerprint density at radius 3 is 2.33 bits per heavy atom. The molecule has 3 heterocycles. The van der Waals surface area contributed by atoms with E-state index in [9.17, 15) is 27.7 Å². The summed E-state index contributed by atoms with van der Waals surface area (Å²) in [6.45, 7) is 1.78. The van der Waals surface area contributed by atoms with Crippen LogP contribution >= 0.6 is 0 Å². The van der Waals surface area contributed by atoms with Crippen LogP contribution in [0.1, 0.15) is 23.2 Å². The van der Waals surface area contributed by atoms with Crippen LogP contribution in [0.25, 0.3) is 10.9 Å². The minimum atomic E-state index is -3.83. The number of carbonyl (C=O) groups is 1. The van der Waals surface area contributed by atoms with E-state index in [1.54, 1.807) is 21.7 Å². The highest BCUT2D eigenvalue weighted by atomic mass is 32.2. The Labute approximate surface area is 258 Å². The molecule has 3 aromatic carbocycles. The van der Waals surface area contributed by atoms with Crippen molar-refractivity contribution in [3.8, 4) is 0 Å². The molecule has 0 saturated carbocycles. The van der Waals surface area contributed by atoms with Gasteiger partial charge in [0.05, 0.1) is 29.1 Å². The van der Waals surface area contributed by atoms with Gasteiger partial charge >= 0.3 is 0 Å². The minimum absolute atomic E-state index is 0.0142. The highest BCUT2D eigenvalue weighted by Crippen LogP contribution is 2.25. The van der Waals surface area contributed by atoms with Crippen LogP contribution < -0.4 is 0 Å². The van der Waals surface area contributed by atoms with Crippen molar-refractivity contribution in [1.29, 1.82) is 0 Å².